The molecule has 0 aliphatic rings. The number of carbonyl (C=O) groups is 1. The Labute approximate surface area is 271 Å². The molecule has 242 valence electrons. The van der Waals surface area contributed by atoms with Crippen LogP contribution >= 0.6 is 12.4 Å². The van der Waals surface area contributed by atoms with E-state index in [-0.39, 0.29) is 36.9 Å². The third kappa shape index (κ3) is 8.27. The molecule has 0 radical (unpaired) electrons. The number of aliphatic carboxylic acids is 1. The molecule has 0 amide bonds. The first-order valence-electron chi connectivity index (χ1n) is 14.7. The summed E-state index contributed by atoms with van der Waals surface area (Å²) in [6.07, 6.45) is -2.34. The highest BCUT2D eigenvalue weighted by Crippen LogP contribution is 2.34. The van der Waals surface area contributed by atoms with E-state index in [2.05, 4.69) is 29.6 Å². The van der Waals surface area contributed by atoms with E-state index in [1.54, 1.807) is 29.0 Å². The lowest BCUT2D eigenvalue weighted by Gasteiger charge is -2.34. The second kappa shape index (κ2) is 14.8. The highest BCUT2D eigenvalue weighted by molar-refractivity contribution is 5.87. The number of carboxylic acids is 1. The van der Waals surface area contributed by atoms with Gasteiger partial charge in [0.1, 0.15) is 18.1 Å². The third-order valence-electron chi connectivity index (χ3n) is 7.98. The average molecular weight is 655 g/mol. The largest absolute Gasteiger partial charge is 0.480 e. The summed E-state index contributed by atoms with van der Waals surface area (Å²) in [5, 5.41) is 13.6. The molecule has 2 N–H and O–H groups in total. The lowest BCUT2D eigenvalue weighted by Crippen LogP contribution is -2.49. The molecular formula is C36H35ClF4N2O3. The summed E-state index contributed by atoms with van der Waals surface area (Å²) in [6, 6.07) is 30.6. The minimum atomic E-state index is -4.78. The number of rotatable bonds is 13. The Balaban J connectivity index is 0.00000480. The van der Waals surface area contributed by atoms with Crippen molar-refractivity contribution in [3.05, 3.63) is 137 Å². The SMILES string of the molecule is CC(CCCc1cccc(C(F)(F)F)c1F)(NCC(c1ccccc1)c1ccccc1)Oc1cccc2c1ccn2CC(=O)O.Cl. The van der Waals surface area contributed by atoms with Crippen molar-refractivity contribution in [3.63, 3.8) is 0 Å². The lowest BCUT2D eigenvalue weighted by molar-refractivity contribution is -0.140. The average Bonchev–Trinajstić information content (AvgIpc) is 3.42. The van der Waals surface area contributed by atoms with Crippen LogP contribution in [0.25, 0.3) is 10.9 Å². The van der Waals surface area contributed by atoms with Crippen LogP contribution in [0.15, 0.2) is 109 Å². The molecule has 0 saturated carbocycles. The van der Waals surface area contributed by atoms with Crippen molar-refractivity contribution in [3.8, 4) is 5.75 Å². The van der Waals surface area contributed by atoms with E-state index in [0.717, 1.165) is 22.6 Å². The number of alkyl halides is 3. The third-order valence-corrected chi connectivity index (χ3v) is 7.98. The molecule has 0 bridgehead atoms. The maximum atomic E-state index is 14.8. The molecular weight excluding hydrogens is 620 g/mol. The van der Waals surface area contributed by atoms with Crippen molar-refractivity contribution in [2.24, 2.45) is 0 Å². The van der Waals surface area contributed by atoms with Gasteiger partial charge < -0.3 is 14.4 Å². The summed E-state index contributed by atoms with van der Waals surface area (Å²) < 4.78 is 63.1. The molecule has 46 heavy (non-hydrogen) atoms. The highest BCUT2D eigenvalue weighted by atomic mass is 35.5. The molecule has 10 heteroatoms. The number of ether oxygens (including phenoxy) is 1. The summed E-state index contributed by atoms with van der Waals surface area (Å²) in [4.78, 5) is 11.4. The summed E-state index contributed by atoms with van der Waals surface area (Å²) in [7, 11) is 0. The first-order chi connectivity index (χ1) is 21.5. The van der Waals surface area contributed by atoms with Gasteiger partial charge in [-0.25, -0.2) is 4.39 Å². The molecule has 4 aromatic carbocycles. The van der Waals surface area contributed by atoms with Crippen molar-refractivity contribution in [2.75, 3.05) is 6.54 Å². The normalized spacial score (nSPS) is 12.9. The predicted octanol–water partition coefficient (Wildman–Crippen LogP) is 8.85. The summed E-state index contributed by atoms with van der Waals surface area (Å²) in [6.45, 7) is 2.13. The van der Waals surface area contributed by atoms with Crippen LogP contribution in [0, 0.1) is 5.82 Å². The molecule has 0 aliphatic carbocycles. The first-order valence-corrected chi connectivity index (χ1v) is 14.7. The van der Waals surface area contributed by atoms with E-state index >= 15 is 0 Å². The smallest absolute Gasteiger partial charge is 0.419 e. The highest BCUT2D eigenvalue weighted by Gasteiger charge is 2.35. The summed E-state index contributed by atoms with van der Waals surface area (Å²) in [5.74, 6) is -1.74. The van der Waals surface area contributed by atoms with Gasteiger partial charge in [0.2, 0.25) is 0 Å². The topological polar surface area (TPSA) is 63.5 Å². The molecule has 0 saturated heterocycles. The number of benzene rings is 4. The van der Waals surface area contributed by atoms with Crippen molar-refractivity contribution in [1.82, 2.24) is 9.88 Å². The first kappa shape index (κ1) is 34.5. The second-order valence-corrected chi connectivity index (χ2v) is 11.2. The summed E-state index contributed by atoms with van der Waals surface area (Å²) in [5.41, 5.74) is 0.572. The quantitative estimate of drug-likeness (QED) is 0.0984. The number of nitrogens with zero attached hydrogens (tertiary/aromatic N) is 1. The van der Waals surface area contributed by atoms with Crippen molar-refractivity contribution < 1.29 is 32.2 Å². The van der Waals surface area contributed by atoms with Crippen LogP contribution in [0.4, 0.5) is 17.6 Å². The zero-order chi connectivity index (χ0) is 32.0. The molecule has 1 aromatic heterocycles. The maximum Gasteiger partial charge on any atom is 0.419 e. The fourth-order valence-corrected chi connectivity index (χ4v) is 5.71. The Kier molecular flexibility index (Phi) is 11.1. The number of hydrogen-bond acceptors (Lipinski definition) is 3. The zero-order valence-corrected chi connectivity index (χ0v) is 26.0. The van der Waals surface area contributed by atoms with E-state index in [4.69, 9.17) is 4.74 Å². The van der Waals surface area contributed by atoms with Gasteiger partial charge in [-0.1, -0.05) is 78.9 Å². The predicted molar refractivity (Wildman–Crippen MR) is 173 cm³/mol. The van der Waals surface area contributed by atoms with Crippen LogP contribution in [0.3, 0.4) is 0 Å². The van der Waals surface area contributed by atoms with Gasteiger partial charge in [0.05, 0.1) is 11.1 Å². The van der Waals surface area contributed by atoms with Gasteiger partial charge in [0.15, 0.2) is 5.72 Å². The number of fused-ring (bicyclic) bond motifs is 1. The molecule has 1 heterocycles. The molecule has 0 spiro atoms. The van der Waals surface area contributed by atoms with Gasteiger partial charge in [0.25, 0.3) is 0 Å². The number of hydrogen-bond donors (Lipinski definition) is 2. The Morgan fingerprint density at radius 1 is 0.891 bits per heavy atom. The van der Waals surface area contributed by atoms with E-state index < -0.39 is 29.3 Å². The molecule has 1 atom stereocenters. The van der Waals surface area contributed by atoms with Crippen LogP contribution < -0.4 is 10.1 Å². The number of nitrogens with one attached hydrogen (secondary N) is 1. The second-order valence-electron chi connectivity index (χ2n) is 11.2. The van der Waals surface area contributed by atoms with Crippen molar-refractivity contribution >= 4 is 29.3 Å². The number of aromatic nitrogens is 1. The van der Waals surface area contributed by atoms with Crippen LogP contribution in [-0.4, -0.2) is 27.9 Å². The fraction of sp³-hybridized carbons (Fsp3) is 0.250. The van der Waals surface area contributed by atoms with Crippen LogP contribution in [0.1, 0.15) is 47.9 Å². The molecule has 5 aromatic rings. The van der Waals surface area contributed by atoms with E-state index in [1.165, 1.54) is 12.1 Å². The van der Waals surface area contributed by atoms with Gasteiger partial charge in [0, 0.05) is 30.5 Å². The minimum Gasteiger partial charge on any atom is -0.480 e. The molecule has 5 rings (SSSR count). The van der Waals surface area contributed by atoms with Crippen LogP contribution in [-0.2, 0) is 23.9 Å². The Hall–Kier alpha value is -4.34. The Bertz CT molecular complexity index is 1710. The standard InChI is InChI=1S/C36H34F4N2O3.ClH/c1-35(21-10-16-27-15-8-17-30(34(27)37)36(38,39)40,45-32-19-9-18-31-28(32)20-22-42(31)24-33(43)44)41-23-29(25-11-4-2-5-12-25)26-13-6-3-7-14-26;/h2-9,11-15,17-20,22,29,41H,10,16,21,23-24H2,1H3,(H,43,44);1H. The van der Waals surface area contributed by atoms with Gasteiger partial charge >= 0.3 is 12.1 Å². The van der Waals surface area contributed by atoms with Crippen LogP contribution in [0.2, 0.25) is 0 Å². The van der Waals surface area contributed by atoms with Gasteiger partial charge in [-0.2, -0.15) is 13.2 Å². The van der Waals surface area contributed by atoms with E-state index in [1.807, 2.05) is 49.4 Å². The van der Waals surface area contributed by atoms with Gasteiger partial charge in [-0.05, 0) is 60.7 Å². The van der Waals surface area contributed by atoms with E-state index in [0.29, 0.717) is 30.7 Å². The Morgan fingerprint density at radius 2 is 1.52 bits per heavy atom. The Morgan fingerprint density at radius 3 is 2.13 bits per heavy atom. The molecule has 0 aliphatic heterocycles. The number of carboxylic acid groups (broad SMARTS) is 1. The molecule has 0 fully saturated rings. The number of halogens is 5. The van der Waals surface area contributed by atoms with Crippen molar-refractivity contribution in [2.45, 2.75) is 50.6 Å². The summed E-state index contributed by atoms with van der Waals surface area (Å²) >= 11 is 0. The lowest BCUT2D eigenvalue weighted by atomic mass is 9.90. The fourth-order valence-electron chi connectivity index (χ4n) is 5.71. The number of aryl methyl sites for hydroxylation is 1. The van der Waals surface area contributed by atoms with Crippen molar-refractivity contribution in [1.29, 1.82) is 0 Å². The van der Waals surface area contributed by atoms with Gasteiger partial charge in [-0.15, -0.1) is 12.4 Å². The van der Waals surface area contributed by atoms with Gasteiger partial charge in [-0.3, -0.25) is 10.1 Å². The van der Waals surface area contributed by atoms with Crippen LogP contribution in [0.5, 0.6) is 5.75 Å². The maximum absolute atomic E-state index is 14.8. The molecule has 1 unspecified atom stereocenters. The monoisotopic (exact) mass is 654 g/mol. The minimum absolute atomic E-state index is 0. The van der Waals surface area contributed by atoms with E-state index in [9.17, 15) is 27.5 Å². The molecule has 5 nitrogen and oxygen atoms in total. The zero-order valence-electron chi connectivity index (χ0n) is 25.1.